The zero-order valence-electron chi connectivity index (χ0n) is 11.1. The molecule has 2 amide bonds. The number of amides is 2. The van der Waals surface area contributed by atoms with Crippen molar-refractivity contribution >= 4 is 23.0 Å². The van der Waals surface area contributed by atoms with Gasteiger partial charge in [0, 0.05) is 6.54 Å². The number of nitrogens with zero attached hydrogens (tertiary/aromatic N) is 2. The predicted octanol–water partition coefficient (Wildman–Crippen LogP) is 2.84. The maximum Gasteiger partial charge on any atom is 0.425 e. The van der Waals surface area contributed by atoms with Gasteiger partial charge in [-0.1, -0.05) is 29.8 Å². The second kappa shape index (κ2) is 4.66. The summed E-state index contributed by atoms with van der Waals surface area (Å²) in [6, 6.07) is 5.21. The van der Waals surface area contributed by atoms with Crippen LogP contribution in [0.15, 0.2) is 29.3 Å². The van der Waals surface area contributed by atoms with Crippen LogP contribution in [0.1, 0.15) is 11.1 Å². The fraction of sp³-hybridized carbons (Fsp3) is 0.385. The van der Waals surface area contributed by atoms with Crippen LogP contribution in [0.4, 0.5) is 18.0 Å². The number of hydrogen-bond donors (Lipinski definition) is 1. The molecule has 3 rings (SSSR count). The second-order valence-electron chi connectivity index (χ2n) is 4.89. The Morgan fingerprint density at radius 3 is 2.62 bits per heavy atom. The zero-order valence-corrected chi connectivity index (χ0v) is 11.9. The van der Waals surface area contributed by atoms with E-state index in [1.807, 2.05) is 0 Å². The molecule has 1 atom stereocenters. The number of hydrogen-bond acceptors (Lipinski definition) is 3. The van der Waals surface area contributed by atoms with E-state index in [1.165, 1.54) is 17.0 Å². The molecule has 2 aliphatic heterocycles. The van der Waals surface area contributed by atoms with Gasteiger partial charge in [0.2, 0.25) is 4.87 Å². The summed E-state index contributed by atoms with van der Waals surface area (Å²) in [5.41, 5.74) is 0.844. The monoisotopic (exact) mass is 315 g/mol. The minimum atomic E-state index is -4.64. The molecular formula is C13H12F3N3OS. The summed E-state index contributed by atoms with van der Waals surface area (Å²) in [5, 5.41) is 2.24. The summed E-state index contributed by atoms with van der Waals surface area (Å²) in [5.74, 6) is 0. The first-order chi connectivity index (χ1) is 9.83. The van der Waals surface area contributed by atoms with Gasteiger partial charge >= 0.3 is 12.2 Å². The standard InChI is InChI=1S/C13H12F3N3OS/c1-8-2-4-9(5-3-8)12(13(14,15)16)18-10(20)19-7-6-17-11(19)21-12/h2-5H,6-7H2,1H3,(H,18,20)/t12-/m1/s1. The molecule has 112 valence electrons. The average molecular weight is 315 g/mol. The summed E-state index contributed by atoms with van der Waals surface area (Å²) >= 11 is 0.538. The number of benzene rings is 1. The van der Waals surface area contributed by atoms with E-state index < -0.39 is 17.1 Å². The molecular weight excluding hydrogens is 303 g/mol. The van der Waals surface area contributed by atoms with Gasteiger partial charge in [-0.3, -0.25) is 9.89 Å². The van der Waals surface area contributed by atoms with Crippen LogP contribution in [0, 0.1) is 6.92 Å². The molecule has 1 saturated heterocycles. The van der Waals surface area contributed by atoms with Crippen molar-refractivity contribution in [3.05, 3.63) is 35.4 Å². The predicted molar refractivity (Wildman–Crippen MR) is 74.0 cm³/mol. The highest BCUT2D eigenvalue weighted by Crippen LogP contribution is 2.50. The minimum Gasteiger partial charge on any atom is -0.311 e. The lowest BCUT2D eigenvalue weighted by Gasteiger charge is -2.41. The molecule has 2 heterocycles. The highest BCUT2D eigenvalue weighted by Gasteiger charge is 2.62. The Balaban J connectivity index is 2.10. The molecule has 4 nitrogen and oxygen atoms in total. The molecule has 0 aromatic heterocycles. The van der Waals surface area contributed by atoms with Crippen molar-refractivity contribution in [1.29, 1.82) is 0 Å². The number of rotatable bonds is 1. The number of fused-ring (bicyclic) bond motifs is 1. The van der Waals surface area contributed by atoms with E-state index in [0.717, 1.165) is 5.56 Å². The first-order valence-corrected chi connectivity index (χ1v) is 7.12. The number of nitrogens with one attached hydrogen (secondary N) is 1. The van der Waals surface area contributed by atoms with E-state index in [0.29, 0.717) is 24.9 Å². The van der Waals surface area contributed by atoms with Crippen LogP contribution in [0.5, 0.6) is 0 Å². The fourth-order valence-corrected chi connectivity index (χ4v) is 3.52. The maximum absolute atomic E-state index is 13.7. The number of aryl methyl sites for hydroxylation is 1. The Hall–Kier alpha value is -1.70. The fourth-order valence-electron chi connectivity index (χ4n) is 2.29. The molecule has 2 aliphatic rings. The van der Waals surface area contributed by atoms with Crippen molar-refractivity contribution in [2.75, 3.05) is 13.1 Å². The molecule has 0 saturated carbocycles. The largest absolute Gasteiger partial charge is 0.425 e. The topological polar surface area (TPSA) is 44.7 Å². The summed E-state index contributed by atoms with van der Waals surface area (Å²) in [7, 11) is 0. The van der Waals surface area contributed by atoms with Gasteiger partial charge < -0.3 is 5.32 Å². The van der Waals surface area contributed by atoms with Crippen LogP contribution >= 0.6 is 11.8 Å². The molecule has 0 radical (unpaired) electrons. The lowest BCUT2D eigenvalue weighted by molar-refractivity contribution is -0.167. The van der Waals surface area contributed by atoms with Gasteiger partial charge in [0.25, 0.3) is 0 Å². The molecule has 1 aromatic carbocycles. The number of halogens is 3. The van der Waals surface area contributed by atoms with Crippen molar-refractivity contribution in [2.45, 2.75) is 18.0 Å². The van der Waals surface area contributed by atoms with Crippen LogP contribution in [0.25, 0.3) is 0 Å². The van der Waals surface area contributed by atoms with E-state index in [2.05, 4.69) is 10.3 Å². The van der Waals surface area contributed by atoms with E-state index in [1.54, 1.807) is 19.1 Å². The SMILES string of the molecule is Cc1ccc([C@@]2(C(F)(F)F)NC(=O)N3CCN=C3S2)cc1. The molecule has 0 bridgehead atoms. The van der Waals surface area contributed by atoms with Crippen molar-refractivity contribution < 1.29 is 18.0 Å². The number of carbonyl (C=O) groups is 1. The molecule has 0 aliphatic carbocycles. The lowest BCUT2D eigenvalue weighted by atomic mass is 10.0. The molecule has 0 spiro atoms. The molecule has 0 unspecified atom stereocenters. The Labute approximate surface area is 123 Å². The van der Waals surface area contributed by atoms with Gasteiger partial charge in [-0.05, 0) is 24.2 Å². The summed E-state index contributed by atoms with van der Waals surface area (Å²) in [6.07, 6.45) is -4.64. The maximum atomic E-state index is 13.7. The van der Waals surface area contributed by atoms with E-state index in [9.17, 15) is 18.0 Å². The minimum absolute atomic E-state index is 0.00630. The van der Waals surface area contributed by atoms with Crippen LogP contribution in [-0.2, 0) is 4.87 Å². The highest BCUT2D eigenvalue weighted by atomic mass is 32.2. The molecule has 1 N–H and O–H groups in total. The number of aliphatic imine (C=N–C) groups is 1. The third-order valence-corrected chi connectivity index (χ3v) is 4.84. The van der Waals surface area contributed by atoms with E-state index in [-0.39, 0.29) is 10.7 Å². The number of carbonyl (C=O) groups excluding carboxylic acids is 1. The van der Waals surface area contributed by atoms with E-state index >= 15 is 0 Å². The number of amidine groups is 1. The Morgan fingerprint density at radius 2 is 2.00 bits per heavy atom. The van der Waals surface area contributed by atoms with Crippen molar-refractivity contribution in [3.63, 3.8) is 0 Å². The average Bonchev–Trinajstić information content (AvgIpc) is 2.86. The summed E-state index contributed by atoms with van der Waals surface area (Å²) in [4.78, 5) is 14.8. The second-order valence-corrected chi connectivity index (χ2v) is 6.07. The van der Waals surface area contributed by atoms with Crippen LogP contribution in [-0.4, -0.2) is 35.4 Å². The molecule has 1 aromatic rings. The Morgan fingerprint density at radius 1 is 1.33 bits per heavy atom. The lowest BCUT2D eigenvalue weighted by Crippen LogP contribution is -2.62. The van der Waals surface area contributed by atoms with Gasteiger partial charge in [0.1, 0.15) is 0 Å². The Kier molecular flexibility index (Phi) is 3.16. The highest BCUT2D eigenvalue weighted by molar-refractivity contribution is 8.14. The first-order valence-electron chi connectivity index (χ1n) is 6.30. The van der Waals surface area contributed by atoms with E-state index in [4.69, 9.17) is 0 Å². The molecule has 8 heteroatoms. The quantitative estimate of drug-likeness (QED) is 0.866. The van der Waals surface area contributed by atoms with Gasteiger partial charge in [-0.25, -0.2) is 4.79 Å². The van der Waals surface area contributed by atoms with Crippen molar-refractivity contribution in [1.82, 2.24) is 10.2 Å². The summed E-state index contributed by atoms with van der Waals surface area (Å²) < 4.78 is 41.1. The van der Waals surface area contributed by atoms with Crippen molar-refractivity contribution in [2.24, 2.45) is 4.99 Å². The van der Waals surface area contributed by atoms with Gasteiger partial charge in [-0.15, -0.1) is 0 Å². The van der Waals surface area contributed by atoms with Crippen molar-refractivity contribution in [3.8, 4) is 0 Å². The Bertz CT molecular complexity index is 614. The number of urea groups is 1. The third-order valence-electron chi connectivity index (χ3n) is 3.43. The van der Waals surface area contributed by atoms with Crippen LogP contribution in [0.2, 0.25) is 0 Å². The van der Waals surface area contributed by atoms with Crippen LogP contribution < -0.4 is 5.32 Å². The van der Waals surface area contributed by atoms with Gasteiger partial charge in [-0.2, -0.15) is 13.2 Å². The summed E-state index contributed by atoms with van der Waals surface area (Å²) in [6.45, 7) is 2.44. The van der Waals surface area contributed by atoms with Gasteiger partial charge in [0.15, 0.2) is 5.17 Å². The normalized spacial score (nSPS) is 25.4. The number of thioether (sulfide) groups is 1. The first kappa shape index (κ1) is 14.2. The van der Waals surface area contributed by atoms with Gasteiger partial charge in [0.05, 0.1) is 6.54 Å². The third kappa shape index (κ3) is 2.17. The zero-order chi connectivity index (χ0) is 15.3. The smallest absolute Gasteiger partial charge is 0.311 e. The molecule has 21 heavy (non-hydrogen) atoms. The number of alkyl halides is 3. The molecule has 1 fully saturated rings. The van der Waals surface area contributed by atoms with Crippen LogP contribution in [0.3, 0.4) is 0 Å².